The van der Waals surface area contributed by atoms with Crippen LogP contribution in [0.5, 0.6) is 0 Å². The van der Waals surface area contributed by atoms with Gasteiger partial charge in [0.05, 0.1) is 5.75 Å². The van der Waals surface area contributed by atoms with E-state index in [0.717, 1.165) is 40.1 Å². The van der Waals surface area contributed by atoms with Gasteiger partial charge < -0.3 is 5.32 Å². The molecular weight excluding hydrogens is 386 g/mol. The van der Waals surface area contributed by atoms with Gasteiger partial charge >= 0.3 is 0 Å². The van der Waals surface area contributed by atoms with Crippen molar-refractivity contribution in [2.24, 2.45) is 0 Å². The molecule has 1 heterocycles. The average molecular weight is 402 g/mol. The molecule has 0 aliphatic carbocycles. The third kappa shape index (κ3) is 6.08. The highest BCUT2D eigenvalue weighted by atomic mass is 32.2. The van der Waals surface area contributed by atoms with E-state index in [4.69, 9.17) is 0 Å². The van der Waals surface area contributed by atoms with Gasteiger partial charge in [0.2, 0.25) is 5.91 Å². The van der Waals surface area contributed by atoms with Crippen molar-refractivity contribution in [1.29, 1.82) is 0 Å². The number of aromatic nitrogens is 1. The maximum atomic E-state index is 13.2. The van der Waals surface area contributed by atoms with E-state index in [-0.39, 0.29) is 11.7 Å². The smallest absolute Gasteiger partial charge is 0.234 e. The number of anilines is 1. The van der Waals surface area contributed by atoms with Crippen molar-refractivity contribution in [3.63, 3.8) is 0 Å². The lowest BCUT2D eigenvalue weighted by Gasteiger charge is -2.07. The van der Waals surface area contributed by atoms with Crippen LogP contribution in [0.3, 0.4) is 0 Å². The summed E-state index contributed by atoms with van der Waals surface area (Å²) in [6, 6.07) is 15.1. The van der Waals surface area contributed by atoms with E-state index in [1.165, 1.54) is 6.07 Å². The second kappa shape index (κ2) is 9.53. The third-order valence-electron chi connectivity index (χ3n) is 3.53. The number of carbonyl (C=O) groups excluding carboxylic acids is 1. The van der Waals surface area contributed by atoms with E-state index >= 15 is 0 Å². The molecule has 138 valence electrons. The highest BCUT2D eigenvalue weighted by Crippen LogP contribution is 2.24. The number of halogens is 2. The number of hydrogen-bond acceptors (Lipinski definition) is 4. The van der Waals surface area contributed by atoms with Gasteiger partial charge in [0.1, 0.15) is 0 Å². The van der Waals surface area contributed by atoms with Crippen molar-refractivity contribution >= 4 is 35.1 Å². The molecule has 0 saturated heterocycles. The zero-order valence-electron chi connectivity index (χ0n) is 14.2. The molecule has 0 radical (unpaired) electrons. The Morgan fingerprint density at radius 3 is 2.44 bits per heavy atom. The van der Waals surface area contributed by atoms with Crippen LogP contribution in [0.15, 0.2) is 76.8 Å². The van der Waals surface area contributed by atoms with Crippen LogP contribution < -0.4 is 5.32 Å². The number of rotatable bonds is 7. The Labute approximate surface area is 164 Å². The monoisotopic (exact) mass is 402 g/mol. The first-order valence-corrected chi connectivity index (χ1v) is 10.1. The van der Waals surface area contributed by atoms with Crippen molar-refractivity contribution in [2.45, 2.75) is 15.5 Å². The SMILES string of the molecule is O=C(CSc1ccc(F)c(F)c1)Nc1ccc(SCc2cccnc2)cc1. The number of carbonyl (C=O) groups is 1. The lowest BCUT2D eigenvalue weighted by atomic mass is 10.3. The topological polar surface area (TPSA) is 42.0 Å². The van der Waals surface area contributed by atoms with Crippen LogP contribution in [0.4, 0.5) is 14.5 Å². The van der Waals surface area contributed by atoms with Crippen LogP contribution in [-0.4, -0.2) is 16.6 Å². The second-order valence-electron chi connectivity index (χ2n) is 5.59. The van der Waals surface area contributed by atoms with Crippen LogP contribution in [-0.2, 0) is 10.5 Å². The minimum Gasteiger partial charge on any atom is -0.325 e. The molecule has 0 atom stereocenters. The van der Waals surface area contributed by atoms with Gasteiger partial charge in [0.25, 0.3) is 0 Å². The van der Waals surface area contributed by atoms with Crippen LogP contribution in [0, 0.1) is 11.6 Å². The Hall–Kier alpha value is -2.38. The molecule has 1 aromatic heterocycles. The number of nitrogens with one attached hydrogen (secondary N) is 1. The van der Waals surface area contributed by atoms with Gasteiger partial charge in [-0.1, -0.05) is 6.07 Å². The first-order valence-electron chi connectivity index (χ1n) is 8.09. The Bertz CT molecular complexity index is 906. The molecule has 0 aliphatic rings. The summed E-state index contributed by atoms with van der Waals surface area (Å²) in [5.41, 5.74) is 1.84. The van der Waals surface area contributed by atoms with E-state index in [2.05, 4.69) is 10.3 Å². The van der Waals surface area contributed by atoms with Crippen LogP contribution in [0.2, 0.25) is 0 Å². The molecule has 3 nitrogen and oxygen atoms in total. The van der Waals surface area contributed by atoms with E-state index < -0.39 is 11.6 Å². The quantitative estimate of drug-likeness (QED) is 0.539. The van der Waals surface area contributed by atoms with Gasteiger partial charge in [-0.25, -0.2) is 8.78 Å². The summed E-state index contributed by atoms with van der Waals surface area (Å²) in [4.78, 5) is 17.7. The zero-order chi connectivity index (χ0) is 19.1. The number of benzene rings is 2. The van der Waals surface area contributed by atoms with Crippen molar-refractivity contribution in [3.8, 4) is 0 Å². The van der Waals surface area contributed by atoms with Crippen molar-refractivity contribution < 1.29 is 13.6 Å². The molecule has 3 aromatic rings. The maximum Gasteiger partial charge on any atom is 0.234 e. The maximum absolute atomic E-state index is 13.2. The largest absolute Gasteiger partial charge is 0.325 e. The van der Waals surface area contributed by atoms with Gasteiger partial charge in [-0.2, -0.15) is 0 Å². The molecule has 2 aromatic carbocycles. The predicted molar refractivity (Wildman–Crippen MR) is 106 cm³/mol. The highest BCUT2D eigenvalue weighted by Gasteiger charge is 2.07. The minimum absolute atomic E-state index is 0.114. The normalized spacial score (nSPS) is 10.6. The van der Waals surface area contributed by atoms with E-state index in [9.17, 15) is 13.6 Å². The van der Waals surface area contributed by atoms with Gasteiger partial charge in [-0.05, 0) is 54.1 Å². The number of amides is 1. The van der Waals surface area contributed by atoms with Crippen molar-refractivity contribution in [2.75, 3.05) is 11.1 Å². The standard InChI is InChI=1S/C20H16F2N2OS2/c21-18-8-7-17(10-19(18)22)27-13-20(25)24-15-3-5-16(6-4-15)26-12-14-2-1-9-23-11-14/h1-11H,12-13H2,(H,24,25). The summed E-state index contributed by atoms with van der Waals surface area (Å²) in [7, 11) is 0. The Kier molecular flexibility index (Phi) is 6.84. The van der Waals surface area contributed by atoms with E-state index in [1.807, 2.05) is 42.6 Å². The number of thioether (sulfide) groups is 2. The molecule has 1 N–H and O–H groups in total. The van der Waals surface area contributed by atoms with Crippen LogP contribution in [0.25, 0.3) is 0 Å². The van der Waals surface area contributed by atoms with Gasteiger partial charge in [0.15, 0.2) is 11.6 Å². The summed E-state index contributed by atoms with van der Waals surface area (Å²) in [5, 5.41) is 2.79. The molecule has 27 heavy (non-hydrogen) atoms. The second-order valence-corrected chi connectivity index (χ2v) is 7.68. The number of hydrogen-bond donors (Lipinski definition) is 1. The van der Waals surface area contributed by atoms with Gasteiger partial charge in [-0.15, -0.1) is 23.5 Å². The molecule has 0 bridgehead atoms. The molecule has 7 heteroatoms. The Morgan fingerprint density at radius 2 is 1.74 bits per heavy atom. The van der Waals surface area contributed by atoms with Crippen LogP contribution >= 0.6 is 23.5 Å². The molecule has 3 rings (SSSR count). The third-order valence-corrected chi connectivity index (χ3v) is 5.60. The lowest BCUT2D eigenvalue weighted by Crippen LogP contribution is -2.13. The van der Waals surface area contributed by atoms with Crippen LogP contribution in [0.1, 0.15) is 5.56 Å². The summed E-state index contributed by atoms with van der Waals surface area (Å²) in [6.07, 6.45) is 3.59. The molecule has 0 saturated carbocycles. The average Bonchev–Trinajstić information content (AvgIpc) is 2.69. The molecule has 1 amide bonds. The minimum atomic E-state index is -0.917. The molecule has 0 aliphatic heterocycles. The van der Waals surface area contributed by atoms with Crippen molar-refractivity contribution in [3.05, 3.63) is 84.2 Å². The van der Waals surface area contributed by atoms with Gasteiger partial charge in [0, 0.05) is 33.6 Å². The highest BCUT2D eigenvalue weighted by molar-refractivity contribution is 8.00. The van der Waals surface area contributed by atoms with E-state index in [1.54, 1.807) is 18.0 Å². The Morgan fingerprint density at radius 1 is 0.963 bits per heavy atom. The fraction of sp³-hybridized carbons (Fsp3) is 0.100. The molecule has 0 unspecified atom stereocenters. The number of pyridine rings is 1. The van der Waals surface area contributed by atoms with Gasteiger partial charge in [-0.3, -0.25) is 9.78 Å². The summed E-state index contributed by atoms with van der Waals surface area (Å²) < 4.78 is 26.1. The Balaban J connectivity index is 1.47. The predicted octanol–water partition coefficient (Wildman–Crippen LogP) is 5.38. The lowest BCUT2D eigenvalue weighted by molar-refractivity contribution is -0.113. The summed E-state index contributed by atoms with van der Waals surface area (Å²) in [5.74, 6) is -1.09. The number of nitrogens with zero attached hydrogens (tertiary/aromatic N) is 1. The fourth-order valence-corrected chi connectivity index (χ4v) is 3.75. The zero-order valence-corrected chi connectivity index (χ0v) is 15.8. The summed E-state index contributed by atoms with van der Waals surface area (Å²) >= 11 is 2.84. The summed E-state index contributed by atoms with van der Waals surface area (Å²) in [6.45, 7) is 0. The molecule has 0 fully saturated rings. The van der Waals surface area contributed by atoms with E-state index in [0.29, 0.717) is 10.6 Å². The molecule has 0 spiro atoms. The first kappa shape index (κ1) is 19.4. The van der Waals surface area contributed by atoms with Crippen molar-refractivity contribution in [1.82, 2.24) is 4.98 Å². The molecular formula is C20H16F2N2OS2. The first-order chi connectivity index (χ1) is 13.1. The fourth-order valence-electron chi connectivity index (χ4n) is 2.20.